The summed E-state index contributed by atoms with van der Waals surface area (Å²) in [5.74, 6) is 1.46. The van der Waals surface area contributed by atoms with Gasteiger partial charge in [0, 0.05) is 6.04 Å². The number of hydrogen-bond acceptors (Lipinski definition) is 1. The van der Waals surface area contributed by atoms with Gasteiger partial charge in [-0.15, -0.1) is 0 Å². The SMILES string of the molecule is CCC1CCCCC1N=C(N)NC1CCCCC1. The molecule has 0 aliphatic heterocycles. The Morgan fingerprint density at radius 1 is 1.06 bits per heavy atom. The van der Waals surface area contributed by atoms with E-state index in [9.17, 15) is 0 Å². The van der Waals surface area contributed by atoms with Crippen LogP contribution in [-0.4, -0.2) is 18.0 Å². The summed E-state index contributed by atoms with van der Waals surface area (Å²) in [4.78, 5) is 4.77. The average Bonchev–Trinajstić information content (AvgIpc) is 2.40. The molecule has 3 N–H and O–H groups in total. The molecule has 2 unspecified atom stereocenters. The highest BCUT2D eigenvalue weighted by atomic mass is 15.1. The van der Waals surface area contributed by atoms with Crippen LogP contribution in [0.1, 0.15) is 71.1 Å². The fourth-order valence-corrected chi connectivity index (χ4v) is 3.51. The van der Waals surface area contributed by atoms with Crippen molar-refractivity contribution in [3.63, 3.8) is 0 Å². The first-order valence-electron chi connectivity index (χ1n) is 7.89. The highest BCUT2D eigenvalue weighted by Crippen LogP contribution is 2.29. The van der Waals surface area contributed by atoms with Crippen LogP contribution in [0.25, 0.3) is 0 Å². The van der Waals surface area contributed by atoms with Gasteiger partial charge in [0.1, 0.15) is 0 Å². The van der Waals surface area contributed by atoms with Crippen LogP contribution in [0.15, 0.2) is 4.99 Å². The summed E-state index contributed by atoms with van der Waals surface area (Å²) in [7, 11) is 0. The zero-order chi connectivity index (χ0) is 12.8. The van der Waals surface area contributed by atoms with Gasteiger partial charge in [0.2, 0.25) is 0 Å². The Balaban J connectivity index is 1.85. The smallest absolute Gasteiger partial charge is 0.189 e. The predicted molar refractivity (Wildman–Crippen MR) is 77.7 cm³/mol. The van der Waals surface area contributed by atoms with Gasteiger partial charge >= 0.3 is 0 Å². The van der Waals surface area contributed by atoms with Crippen molar-refractivity contribution in [1.82, 2.24) is 5.32 Å². The minimum atomic E-state index is 0.472. The van der Waals surface area contributed by atoms with Crippen LogP contribution in [0.2, 0.25) is 0 Å². The van der Waals surface area contributed by atoms with E-state index in [2.05, 4.69) is 12.2 Å². The molecule has 18 heavy (non-hydrogen) atoms. The lowest BCUT2D eigenvalue weighted by Gasteiger charge is -2.29. The van der Waals surface area contributed by atoms with E-state index in [0.717, 1.165) is 5.92 Å². The standard InChI is InChI=1S/C15H29N3/c1-2-12-8-6-7-11-14(12)18-15(16)17-13-9-4-3-5-10-13/h12-14H,2-11H2,1H3,(H3,16,17,18). The maximum Gasteiger partial charge on any atom is 0.189 e. The first-order valence-corrected chi connectivity index (χ1v) is 7.89. The minimum Gasteiger partial charge on any atom is -0.370 e. The number of nitrogens with zero attached hydrogens (tertiary/aromatic N) is 1. The summed E-state index contributed by atoms with van der Waals surface area (Å²) in [6, 6.07) is 1.05. The van der Waals surface area contributed by atoms with Crippen molar-refractivity contribution in [2.45, 2.75) is 83.2 Å². The van der Waals surface area contributed by atoms with Crippen molar-refractivity contribution < 1.29 is 0 Å². The molecule has 2 aliphatic rings. The van der Waals surface area contributed by atoms with Crippen molar-refractivity contribution in [3.05, 3.63) is 0 Å². The third-order valence-corrected chi connectivity index (χ3v) is 4.66. The average molecular weight is 251 g/mol. The van der Waals surface area contributed by atoms with Gasteiger partial charge in [-0.1, -0.05) is 45.4 Å². The molecule has 0 spiro atoms. The Morgan fingerprint density at radius 2 is 1.72 bits per heavy atom. The fraction of sp³-hybridized carbons (Fsp3) is 0.933. The Hall–Kier alpha value is -0.730. The van der Waals surface area contributed by atoms with E-state index in [1.165, 1.54) is 64.2 Å². The first-order chi connectivity index (χ1) is 8.79. The lowest BCUT2D eigenvalue weighted by Crippen LogP contribution is -2.42. The van der Waals surface area contributed by atoms with Crippen LogP contribution >= 0.6 is 0 Å². The number of nitrogens with two attached hydrogens (primary N) is 1. The van der Waals surface area contributed by atoms with E-state index in [1.54, 1.807) is 0 Å². The number of aliphatic imine (C=N–C) groups is 1. The molecule has 2 aliphatic carbocycles. The largest absolute Gasteiger partial charge is 0.370 e. The molecule has 2 saturated carbocycles. The minimum absolute atomic E-state index is 0.472. The van der Waals surface area contributed by atoms with Crippen molar-refractivity contribution >= 4 is 5.96 Å². The zero-order valence-corrected chi connectivity index (χ0v) is 11.8. The monoisotopic (exact) mass is 251 g/mol. The molecule has 0 aromatic carbocycles. The van der Waals surface area contributed by atoms with Gasteiger partial charge < -0.3 is 11.1 Å². The van der Waals surface area contributed by atoms with Crippen LogP contribution in [0, 0.1) is 5.92 Å². The maximum atomic E-state index is 6.09. The Bertz CT molecular complexity index is 269. The first kappa shape index (κ1) is 13.7. The second kappa shape index (κ2) is 7.01. The molecule has 3 heteroatoms. The quantitative estimate of drug-likeness (QED) is 0.598. The molecule has 0 saturated heterocycles. The van der Waals surface area contributed by atoms with Crippen molar-refractivity contribution in [2.24, 2.45) is 16.6 Å². The van der Waals surface area contributed by atoms with Gasteiger partial charge in [-0.25, -0.2) is 4.99 Å². The molecule has 0 aromatic heterocycles. The van der Waals surface area contributed by atoms with Crippen molar-refractivity contribution in [3.8, 4) is 0 Å². The normalized spacial score (nSPS) is 31.3. The Morgan fingerprint density at radius 3 is 2.44 bits per heavy atom. The molecule has 0 amide bonds. The second-order valence-corrected chi connectivity index (χ2v) is 6.01. The zero-order valence-electron chi connectivity index (χ0n) is 11.8. The molecular formula is C15H29N3. The van der Waals surface area contributed by atoms with Crippen LogP contribution in [0.4, 0.5) is 0 Å². The highest BCUT2D eigenvalue weighted by Gasteiger charge is 2.23. The second-order valence-electron chi connectivity index (χ2n) is 6.01. The number of nitrogens with one attached hydrogen (secondary N) is 1. The summed E-state index contributed by atoms with van der Waals surface area (Å²) in [6.45, 7) is 2.28. The Kier molecular flexibility index (Phi) is 5.33. The van der Waals surface area contributed by atoms with Gasteiger partial charge in [0.15, 0.2) is 5.96 Å². The number of rotatable bonds is 3. The van der Waals surface area contributed by atoms with E-state index in [-0.39, 0.29) is 0 Å². The fourth-order valence-electron chi connectivity index (χ4n) is 3.51. The third-order valence-electron chi connectivity index (χ3n) is 4.66. The van der Waals surface area contributed by atoms with Gasteiger partial charge in [-0.05, 0) is 31.6 Å². The predicted octanol–water partition coefficient (Wildman–Crippen LogP) is 3.19. The summed E-state index contributed by atoms with van der Waals surface area (Å²) >= 11 is 0. The molecular weight excluding hydrogens is 222 g/mol. The highest BCUT2D eigenvalue weighted by molar-refractivity contribution is 5.78. The molecule has 104 valence electrons. The summed E-state index contributed by atoms with van der Waals surface area (Å²) in [6.07, 6.45) is 13.1. The van der Waals surface area contributed by atoms with Gasteiger partial charge in [-0.2, -0.15) is 0 Å². The van der Waals surface area contributed by atoms with Gasteiger partial charge in [0.25, 0.3) is 0 Å². The van der Waals surface area contributed by atoms with Crippen molar-refractivity contribution in [1.29, 1.82) is 0 Å². The van der Waals surface area contributed by atoms with Crippen LogP contribution in [0.3, 0.4) is 0 Å². The molecule has 0 radical (unpaired) electrons. The summed E-state index contributed by atoms with van der Waals surface area (Å²) < 4.78 is 0. The topological polar surface area (TPSA) is 50.4 Å². The molecule has 0 aromatic rings. The number of hydrogen-bond donors (Lipinski definition) is 2. The van der Waals surface area contributed by atoms with Crippen molar-refractivity contribution in [2.75, 3.05) is 0 Å². The van der Waals surface area contributed by atoms with E-state index in [0.29, 0.717) is 18.0 Å². The summed E-state index contributed by atoms with van der Waals surface area (Å²) in [5, 5.41) is 3.44. The van der Waals surface area contributed by atoms with Crippen LogP contribution < -0.4 is 11.1 Å². The van der Waals surface area contributed by atoms with Gasteiger partial charge in [0.05, 0.1) is 6.04 Å². The van der Waals surface area contributed by atoms with E-state index >= 15 is 0 Å². The Labute approximate surface area is 112 Å². The van der Waals surface area contributed by atoms with Gasteiger partial charge in [-0.3, -0.25) is 0 Å². The molecule has 0 heterocycles. The van der Waals surface area contributed by atoms with E-state index in [1.807, 2.05) is 0 Å². The molecule has 2 atom stereocenters. The number of guanidine groups is 1. The molecule has 0 bridgehead atoms. The van der Waals surface area contributed by atoms with Crippen LogP contribution in [0.5, 0.6) is 0 Å². The maximum absolute atomic E-state index is 6.09. The van der Waals surface area contributed by atoms with E-state index in [4.69, 9.17) is 10.7 Å². The lowest BCUT2D eigenvalue weighted by atomic mass is 9.83. The molecule has 2 rings (SSSR count). The van der Waals surface area contributed by atoms with Crippen LogP contribution in [-0.2, 0) is 0 Å². The molecule has 2 fully saturated rings. The third kappa shape index (κ3) is 3.89. The van der Waals surface area contributed by atoms with E-state index < -0.39 is 0 Å². The lowest BCUT2D eigenvalue weighted by molar-refractivity contribution is 0.300. The summed E-state index contributed by atoms with van der Waals surface area (Å²) in [5.41, 5.74) is 6.09. The molecule has 3 nitrogen and oxygen atoms in total.